The highest BCUT2D eigenvalue weighted by atomic mass is 127. The van der Waals surface area contributed by atoms with Gasteiger partial charge in [-0.2, -0.15) is 0 Å². The Kier molecular flexibility index (Phi) is 4.40. The molecule has 2 nitrogen and oxygen atoms in total. The maximum Gasteiger partial charge on any atom is 0.188 e. The number of ether oxygens (including phenoxy) is 2. The van der Waals surface area contributed by atoms with Crippen molar-refractivity contribution in [3.63, 3.8) is 0 Å². The maximum atomic E-state index is 13.4. The molecule has 0 N–H and O–H groups in total. The lowest BCUT2D eigenvalue weighted by Crippen LogP contribution is -2.02. The van der Waals surface area contributed by atoms with Crippen molar-refractivity contribution in [2.75, 3.05) is 13.9 Å². The van der Waals surface area contributed by atoms with Crippen LogP contribution in [0.25, 0.3) is 0 Å². The monoisotopic (exact) mass is 360 g/mol. The number of halogens is 3. The first kappa shape index (κ1) is 11.2. The Hall–Kier alpha value is 0.120. The van der Waals surface area contributed by atoms with E-state index in [4.69, 9.17) is 4.74 Å². The van der Waals surface area contributed by atoms with Crippen molar-refractivity contribution in [1.29, 1.82) is 0 Å². The Morgan fingerprint density at radius 3 is 2.85 bits per heavy atom. The van der Waals surface area contributed by atoms with E-state index < -0.39 is 0 Å². The summed E-state index contributed by atoms with van der Waals surface area (Å²) < 4.78 is 24.2. The van der Waals surface area contributed by atoms with E-state index in [0.29, 0.717) is 8.04 Å². The van der Waals surface area contributed by atoms with Crippen LogP contribution in [0.1, 0.15) is 0 Å². The third-order valence-corrected chi connectivity index (χ3v) is 2.78. The fourth-order valence-electron chi connectivity index (χ4n) is 0.759. The van der Waals surface area contributed by atoms with Crippen LogP contribution in [0.5, 0.6) is 5.75 Å². The summed E-state index contributed by atoms with van der Waals surface area (Å²) >= 11 is 5.09. The van der Waals surface area contributed by atoms with Gasteiger partial charge in [-0.15, -0.1) is 0 Å². The second-order valence-corrected chi connectivity index (χ2v) is 4.24. The SMILES string of the molecule is COCOc1c(Br)ccc(I)c1F. The number of methoxy groups -OCH3 is 1. The van der Waals surface area contributed by atoms with Gasteiger partial charge < -0.3 is 9.47 Å². The molecule has 0 unspecified atom stereocenters. The first-order chi connectivity index (χ1) is 6.16. The van der Waals surface area contributed by atoms with Crippen LogP contribution in [0, 0.1) is 9.39 Å². The lowest BCUT2D eigenvalue weighted by Gasteiger charge is -2.08. The van der Waals surface area contributed by atoms with Gasteiger partial charge in [0.1, 0.15) is 0 Å². The van der Waals surface area contributed by atoms with Crippen molar-refractivity contribution in [1.82, 2.24) is 0 Å². The molecular weight excluding hydrogens is 354 g/mol. The molecule has 0 saturated heterocycles. The van der Waals surface area contributed by atoms with Crippen molar-refractivity contribution >= 4 is 38.5 Å². The zero-order chi connectivity index (χ0) is 9.84. The molecule has 0 bridgehead atoms. The van der Waals surface area contributed by atoms with Gasteiger partial charge in [-0.3, -0.25) is 0 Å². The molecule has 5 heteroatoms. The average molecular weight is 361 g/mol. The van der Waals surface area contributed by atoms with Gasteiger partial charge in [0.15, 0.2) is 18.4 Å². The fraction of sp³-hybridized carbons (Fsp3) is 0.250. The Morgan fingerprint density at radius 2 is 2.23 bits per heavy atom. The molecule has 0 heterocycles. The quantitative estimate of drug-likeness (QED) is 0.468. The van der Waals surface area contributed by atoms with Gasteiger partial charge in [-0.25, -0.2) is 4.39 Å². The second kappa shape index (κ2) is 5.11. The minimum atomic E-state index is -0.368. The molecule has 0 radical (unpaired) electrons. The summed E-state index contributed by atoms with van der Waals surface area (Å²) in [5, 5.41) is 0. The first-order valence-corrected chi connectivity index (χ1v) is 5.29. The Balaban J connectivity index is 2.96. The van der Waals surface area contributed by atoms with E-state index in [1.807, 2.05) is 22.6 Å². The van der Waals surface area contributed by atoms with Crippen molar-refractivity contribution in [3.05, 3.63) is 26.0 Å². The van der Waals surface area contributed by atoms with E-state index in [2.05, 4.69) is 20.7 Å². The predicted molar refractivity (Wildman–Crippen MR) is 59.3 cm³/mol. The molecule has 0 aliphatic heterocycles. The summed E-state index contributed by atoms with van der Waals surface area (Å²) in [5.41, 5.74) is 0. The lowest BCUT2D eigenvalue weighted by atomic mass is 10.3. The lowest BCUT2D eigenvalue weighted by molar-refractivity contribution is 0.0476. The number of hydrogen-bond acceptors (Lipinski definition) is 2. The van der Waals surface area contributed by atoms with Gasteiger partial charge in [-0.05, 0) is 50.7 Å². The molecule has 0 spiro atoms. The summed E-state index contributed by atoms with van der Waals surface area (Å²) in [6.45, 7) is 0.0373. The number of rotatable bonds is 3. The highest BCUT2D eigenvalue weighted by molar-refractivity contribution is 14.1. The van der Waals surface area contributed by atoms with Gasteiger partial charge >= 0.3 is 0 Å². The van der Waals surface area contributed by atoms with Crippen LogP contribution in [0.3, 0.4) is 0 Å². The minimum Gasteiger partial charge on any atom is -0.463 e. The minimum absolute atomic E-state index is 0.0373. The summed E-state index contributed by atoms with van der Waals surface area (Å²) in [6, 6.07) is 3.40. The molecule has 1 rings (SSSR count). The molecule has 1 aromatic carbocycles. The molecule has 0 aliphatic rings. The van der Waals surface area contributed by atoms with Gasteiger partial charge in [0.05, 0.1) is 8.04 Å². The summed E-state index contributed by atoms with van der Waals surface area (Å²) in [7, 11) is 1.49. The smallest absolute Gasteiger partial charge is 0.188 e. The topological polar surface area (TPSA) is 18.5 Å². The first-order valence-electron chi connectivity index (χ1n) is 3.42. The van der Waals surface area contributed by atoms with Gasteiger partial charge in [0.2, 0.25) is 0 Å². The molecule has 0 fully saturated rings. The van der Waals surface area contributed by atoms with Gasteiger partial charge in [0.25, 0.3) is 0 Å². The molecular formula is C8H7BrFIO2. The third kappa shape index (κ3) is 2.78. The third-order valence-electron chi connectivity index (χ3n) is 1.32. The average Bonchev–Trinajstić information content (AvgIpc) is 2.12. The van der Waals surface area contributed by atoms with E-state index >= 15 is 0 Å². The molecule has 13 heavy (non-hydrogen) atoms. The normalized spacial score (nSPS) is 10.2. The van der Waals surface area contributed by atoms with Crippen LogP contribution in [0.15, 0.2) is 16.6 Å². The van der Waals surface area contributed by atoms with Crippen LogP contribution in [-0.2, 0) is 4.74 Å². The van der Waals surface area contributed by atoms with Crippen LogP contribution < -0.4 is 4.74 Å². The highest BCUT2D eigenvalue weighted by Crippen LogP contribution is 2.30. The molecule has 0 amide bonds. The second-order valence-electron chi connectivity index (χ2n) is 2.22. The summed E-state index contributed by atoms with van der Waals surface area (Å²) in [5.74, 6) is -0.180. The molecule has 1 aromatic rings. The van der Waals surface area contributed by atoms with Crippen molar-refractivity contribution < 1.29 is 13.9 Å². The van der Waals surface area contributed by atoms with Crippen molar-refractivity contribution in [2.24, 2.45) is 0 Å². The zero-order valence-electron chi connectivity index (χ0n) is 6.81. The van der Waals surface area contributed by atoms with Crippen LogP contribution in [-0.4, -0.2) is 13.9 Å². The standard InChI is InChI=1S/C8H7BrFIO2/c1-12-4-13-8-5(9)2-3-6(11)7(8)10/h2-3H,4H2,1H3. The zero-order valence-corrected chi connectivity index (χ0v) is 10.6. The Labute approximate surface area is 97.7 Å². The predicted octanol–water partition coefficient (Wildman–Crippen LogP) is 3.18. The largest absolute Gasteiger partial charge is 0.463 e. The summed E-state index contributed by atoms with van der Waals surface area (Å²) in [6.07, 6.45) is 0. The molecule has 0 aromatic heterocycles. The maximum absolute atomic E-state index is 13.4. The number of hydrogen-bond donors (Lipinski definition) is 0. The van der Waals surface area contributed by atoms with E-state index in [0.717, 1.165) is 0 Å². The number of benzene rings is 1. The van der Waals surface area contributed by atoms with Gasteiger partial charge in [0, 0.05) is 7.11 Å². The van der Waals surface area contributed by atoms with E-state index in [1.54, 1.807) is 12.1 Å². The molecule has 72 valence electrons. The van der Waals surface area contributed by atoms with Crippen molar-refractivity contribution in [3.8, 4) is 5.75 Å². The van der Waals surface area contributed by atoms with E-state index in [-0.39, 0.29) is 18.4 Å². The van der Waals surface area contributed by atoms with Crippen molar-refractivity contribution in [2.45, 2.75) is 0 Å². The van der Waals surface area contributed by atoms with E-state index in [1.165, 1.54) is 7.11 Å². The Morgan fingerprint density at radius 1 is 1.54 bits per heavy atom. The molecule has 0 saturated carbocycles. The van der Waals surface area contributed by atoms with Crippen LogP contribution in [0.2, 0.25) is 0 Å². The summed E-state index contributed by atoms with van der Waals surface area (Å²) in [4.78, 5) is 0. The van der Waals surface area contributed by atoms with Crippen LogP contribution >= 0.6 is 38.5 Å². The molecule has 0 aliphatic carbocycles. The highest BCUT2D eigenvalue weighted by Gasteiger charge is 2.11. The Bertz CT molecular complexity index is 306. The van der Waals surface area contributed by atoms with Gasteiger partial charge in [-0.1, -0.05) is 0 Å². The molecule has 0 atom stereocenters. The van der Waals surface area contributed by atoms with Crippen LogP contribution in [0.4, 0.5) is 4.39 Å². The van der Waals surface area contributed by atoms with E-state index in [9.17, 15) is 4.39 Å². The fourth-order valence-corrected chi connectivity index (χ4v) is 1.60.